The van der Waals surface area contributed by atoms with Crippen LogP contribution in [0.15, 0.2) is 24.5 Å². The van der Waals surface area contributed by atoms with Gasteiger partial charge in [-0.2, -0.15) is 4.98 Å². The smallest absolute Gasteiger partial charge is 0.243 e. The third kappa shape index (κ3) is 4.09. The van der Waals surface area contributed by atoms with Crippen molar-refractivity contribution in [2.24, 2.45) is 0 Å². The first-order valence-corrected chi connectivity index (χ1v) is 11.5. The van der Waals surface area contributed by atoms with Gasteiger partial charge >= 0.3 is 0 Å². The van der Waals surface area contributed by atoms with Gasteiger partial charge in [0.1, 0.15) is 30.0 Å². The highest BCUT2D eigenvalue weighted by atomic mass is 16.5. The number of hydrogen-bond donors (Lipinski definition) is 2. The van der Waals surface area contributed by atoms with Crippen molar-refractivity contribution in [1.29, 1.82) is 0 Å². The van der Waals surface area contributed by atoms with Crippen molar-refractivity contribution in [2.45, 2.75) is 50.1 Å². The van der Waals surface area contributed by atoms with E-state index in [1.807, 2.05) is 32.4 Å². The Hall–Kier alpha value is -2.94. The van der Waals surface area contributed by atoms with Crippen LogP contribution in [0, 0.1) is 0 Å². The zero-order valence-corrected chi connectivity index (χ0v) is 18.8. The predicted molar refractivity (Wildman–Crippen MR) is 122 cm³/mol. The highest BCUT2D eigenvalue weighted by Crippen LogP contribution is 2.46. The van der Waals surface area contributed by atoms with Gasteiger partial charge in [-0.1, -0.05) is 12.8 Å². The Bertz CT molecular complexity index is 959. The van der Waals surface area contributed by atoms with Crippen LogP contribution in [-0.4, -0.2) is 71.6 Å². The van der Waals surface area contributed by atoms with E-state index in [0.29, 0.717) is 31.0 Å². The summed E-state index contributed by atoms with van der Waals surface area (Å²) in [6.45, 7) is 2.17. The minimum atomic E-state index is -0.164. The first-order chi connectivity index (χ1) is 15.6. The Morgan fingerprint density at radius 1 is 1.19 bits per heavy atom. The summed E-state index contributed by atoms with van der Waals surface area (Å²) >= 11 is 0. The highest BCUT2D eigenvalue weighted by molar-refractivity contribution is 5.90. The van der Waals surface area contributed by atoms with Crippen LogP contribution in [0.5, 0.6) is 5.75 Å². The number of carbonyl (C=O) groups excluding carboxylic acids is 1. The Morgan fingerprint density at radius 2 is 2.03 bits per heavy atom. The van der Waals surface area contributed by atoms with E-state index < -0.39 is 0 Å². The van der Waals surface area contributed by atoms with Crippen LogP contribution in [0.3, 0.4) is 0 Å². The van der Waals surface area contributed by atoms with Gasteiger partial charge in [0.25, 0.3) is 0 Å². The SMILES string of the molecule is CN(C)CCOc1ccc(Nc2ncc3c(n2)N(C2CCCC2)[C@@H]2C(=O)NCCC32)nc1. The first-order valence-electron chi connectivity index (χ1n) is 11.5. The van der Waals surface area contributed by atoms with E-state index in [2.05, 4.69) is 30.4 Å². The molecule has 2 aliphatic heterocycles. The maximum Gasteiger partial charge on any atom is 0.243 e. The van der Waals surface area contributed by atoms with Gasteiger partial charge in [-0.15, -0.1) is 0 Å². The fourth-order valence-electron chi connectivity index (χ4n) is 5.07. The number of carbonyl (C=O) groups is 1. The summed E-state index contributed by atoms with van der Waals surface area (Å²) in [5.41, 5.74) is 1.10. The molecule has 1 saturated heterocycles. The van der Waals surface area contributed by atoms with E-state index >= 15 is 0 Å². The number of likely N-dealkylation sites (N-methyl/N-ethyl adjacent to an activating group) is 1. The molecule has 1 amide bonds. The number of nitrogens with zero attached hydrogens (tertiary/aromatic N) is 5. The van der Waals surface area contributed by atoms with E-state index in [1.165, 1.54) is 12.8 Å². The van der Waals surface area contributed by atoms with Gasteiger partial charge in [-0.3, -0.25) is 4.79 Å². The molecule has 1 saturated carbocycles. The molecule has 0 bridgehead atoms. The number of nitrogens with one attached hydrogen (secondary N) is 2. The quantitative estimate of drug-likeness (QED) is 0.681. The molecule has 0 radical (unpaired) electrons. The Morgan fingerprint density at radius 3 is 2.78 bits per heavy atom. The monoisotopic (exact) mass is 437 g/mol. The molecular weight excluding hydrogens is 406 g/mol. The number of aromatic nitrogens is 3. The van der Waals surface area contributed by atoms with Crippen LogP contribution >= 0.6 is 0 Å². The molecule has 0 aromatic carbocycles. The summed E-state index contributed by atoms with van der Waals surface area (Å²) in [5.74, 6) is 3.09. The molecule has 170 valence electrons. The van der Waals surface area contributed by atoms with Gasteiger partial charge in [0.05, 0.1) is 6.20 Å². The molecule has 0 spiro atoms. The third-order valence-electron chi connectivity index (χ3n) is 6.65. The van der Waals surface area contributed by atoms with Crippen molar-refractivity contribution in [3.8, 4) is 5.75 Å². The minimum absolute atomic E-state index is 0.118. The number of rotatable bonds is 7. The average Bonchev–Trinajstić information content (AvgIpc) is 3.41. The molecule has 2 fully saturated rings. The second kappa shape index (κ2) is 8.90. The summed E-state index contributed by atoms with van der Waals surface area (Å²) < 4.78 is 5.71. The van der Waals surface area contributed by atoms with Crippen molar-refractivity contribution in [3.05, 3.63) is 30.1 Å². The predicted octanol–water partition coefficient (Wildman–Crippen LogP) is 2.29. The van der Waals surface area contributed by atoms with Crippen molar-refractivity contribution >= 4 is 23.5 Å². The molecule has 2 atom stereocenters. The van der Waals surface area contributed by atoms with E-state index in [9.17, 15) is 4.79 Å². The maximum absolute atomic E-state index is 12.8. The molecule has 3 aliphatic rings. The molecule has 5 rings (SSSR count). The van der Waals surface area contributed by atoms with E-state index in [4.69, 9.17) is 9.72 Å². The molecule has 9 heteroatoms. The van der Waals surface area contributed by atoms with Gasteiger partial charge in [0, 0.05) is 36.8 Å². The lowest BCUT2D eigenvalue weighted by molar-refractivity contribution is -0.124. The summed E-state index contributed by atoms with van der Waals surface area (Å²) in [4.78, 5) is 31.0. The fourth-order valence-corrected chi connectivity index (χ4v) is 5.07. The summed E-state index contributed by atoms with van der Waals surface area (Å²) in [5, 5.41) is 6.27. The first kappa shape index (κ1) is 20.9. The zero-order chi connectivity index (χ0) is 22.1. The van der Waals surface area contributed by atoms with Crippen molar-refractivity contribution in [2.75, 3.05) is 44.0 Å². The van der Waals surface area contributed by atoms with Crippen molar-refractivity contribution < 1.29 is 9.53 Å². The van der Waals surface area contributed by atoms with Gasteiger partial charge in [0.15, 0.2) is 0 Å². The second-order valence-electron chi connectivity index (χ2n) is 9.11. The number of ether oxygens (including phenoxy) is 1. The second-order valence-corrected chi connectivity index (χ2v) is 9.11. The van der Waals surface area contributed by atoms with Crippen LogP contribution in [0.2, 0.25) is 0 Å². The molecule has 1 unspecified atom stereocenters. The highest BCUT2D eigenvalue weighted by Gasteiger charge is 2.48. The summed E-state index contributed by atoms with van der Waals surface area (Å²) in [6.07, 6.45) is 9.17. The molecule has 1 aliphatic carbocycles. The van der Waals surface area contributed by atoms with Crippen LogP contribution in [0.4, 0.5) is 17.6 Å². The van der Waals surface area contributed by atoms with Crippen LogP contribution in [0.1, 0.15) is 43.6 Å². The van der Waals surface area contributed by atoms with Crippen LogP contribution < -0.4 is 20.3 Å². The molecule has 32 heavy (non-hydrogen) atoms. The largest absolute Gasteiger partial charge is 0.491 e. The molecule has 2 aromatic heterocycles. The zero-order valence-electron chi connectivity index (χ0n) is 18.8. The molecule has 2 aromatic rings. The van der Waals surface area contributed by atoms with E-state index in [1.54, 1.807) is 6.20 Å². The van der Waals surface area contributed by atoms with Crippen molar-refractivity contribution in [3.63, 3.8) is 0 Å². The summed E-state index contributed by atoms with van der Waals surface area (Å²) in [7, 11) is 4.03. The Labute approximate surface area is 188 Å². The molecule has 9 nitrogen and oxygen atoms in total. The van der Waals surface area contributed by atoms with Gasteiger partial charge < -0.3 is 25.2 Å². The number of fused-ring (bicyclic) bond motifs is 3. The average molecular weight is 438 g/mol. The standard InChI is InChI=1S/C23H31N7O2/c1-29(2)11-12-32-16-7-8-19(25-13-16)27-23-26-14-18-17-9-10-24-22(31)20(17)30(21(18)28-23)15-5-3-4-6-15/h7-8,13-15,17,20H,3-6,9-12H2,1-2H3,(H,24,31)(H,25,26,27,28)/t17?,20-/m0/s1. The summed E-state index contributed by atoms with van der Waals surface area (Å²) in [6, 6.07) is 3.96. The van der Waals surface area contributed by atoms with Crippen LogP contribution in [0.25, 0.3) is 0 Å². The van der Waals surface area contributed by atoms with Crippen LogP contribution in [-0.2, 0) is 4.79 Å². The van der Waals surface area contributed by atoms with Gasteiger partial charge in [-0.05, 0) is 45.5 Å². The normalized spacial score (nSPS) is 22.6. The lowest BCUT2D eigenvalue weighted by atomic mass is 9.89. The fraction of sp³-hybridized carbons (Fsp3) is 0.565. The van der Waals surface area contributed by atoms with E-state index in [-0.39, 0.29) is 17.9 Å². The van der Waals surface area contributed by atoms with Crippen molar-refractivity contribution in [1.82, 2.24) is 25.2 Å². The molecule has 2 N–H and O–H groups in total. The lowest BCUT2D eigenvalue weighted by Gasteiger charge is -2.35. The number of pyridine rings is 1. The molecule has 4 heterocycles. The van der Waals surface area contributed by atoms with Gasteiger partial charge in [0.2, 0.25) is 11.9 Å². The molecular formula is C23H31N7O2. The number of amides is 1. The maximum atomic E-state index is 12.8. The number of hydrogen-bond acceptors (Lipinski definition) is 8. The minimum Gasteiger partial charge on any atom is -0.491 e. The Kier molecular flexibility index (Phi) is 5.82. The number of piperidine rings is 1. The third-order valence-corrected chi connectivity index (χ3v) is 6.65. The lowest BCUT2D eigenvalue weighted by Crippen LogP contribution is -2.53. The number of anilines is 3. The Balaban J connectivity index is 1.35. The van der Waals surface area contributed by atoms with E-state index in [0.717, 1.165) is 42.9 Å². The van der Waals surface area contributed by atoms with Gasteiger partial charge in [-0.25, -0.2) is 9.97 Å². The topological polar surface area (TPSA) is 95.5 Å².